The van der Waals surface area contributed by atoms with Gasteiger partial charge < -0.3 is 0 Å². The summed E-state index contributed by atoms with van der Waals surface area (Å²) < 4.78 is 28.8. The average Bonchev–Trinajstić information content (AvgIpc) is 3.04. The van der Waals surface area contributed by atoms with Gasteiger partial charge in [0.15, 0.2) is 0 Å². The SMILES string of the molecule is O=S1(=O)NCC2CN(Cc3ccccc3)CC2C2CCCCCCCC21. The minimum absolute atomic E-state index is 0.174. The van der Waals surface area contributed by atoms with E-state index < -0.39 is 10.0 Å². The Kier molecular flexibility index (Phi) is 5.67. The largest absolute Gasteiger partial charge is 0.298 e. The Morgan fingerprint density at radius 1 is 0.923 bits per heavy atom. The zero-order chi connectivity index (χ0) is 18.0. The highest BCUT2D eigenvalue weighted by Crippen LogP contribution is 2.41. The van der Waals surface area contributed by atoms with Crippen LogP contribution < -0.4 is 4.72 Å². The first kappa shape index (κ1) is 18.5. The van der Waals surface area contributed by atoms with Crippen LogP contribution in [0.4, 0.5) is 0 Å². The third kappa shape index (κ3) is 4.00. The maximum absolute atomic E-state index is 12.9. The van der Waals surface area contributed by atoms with Gasteiger partial charge in [-0.15, -0.1) is 0 Å². The molecule has 1 N–H and O–H groups in total. The summed E-state index contributed by atoms with van der Waals surface area (Å²) in [5.41, 5.74) is 1.36. The van der Waals surface area contributed by atoms with Gasteiger partial charge in [-0.25, -0.2) is 13.1 Å². The van der Waals surface area contributed by atoms with Crippen LogP contribution in [0, 0.1) is 17.8 Å². The molecular weight excluding hydrogens is 344 g/mol. The van der Waals surface area contributed by atoms with Gasteiger partial charge in [0.05, 0.1) is 5.25 Å². The van der Waals surface area contributed by atoms with Crippen molar-refractivity contribution in [1.29, 1.82) is 0 Å². The van der Waals surface area contributed by atoms with Crippen LogP contribution in [0.2, 0.25) is 0 Å². The molecule has 2 heterocycles. The normalized spacial score (nSPS) is 35.4. The van der Waals surface area contributed by atoms with Gasteiger partial charge in [0.2, 0.25) is 10.0 Å². The number of likely N-dealkylation sites (tertiary alicyclic amines) is 1. The molecule has 26 heavy (non-hydrogen) atoms. The second-order valence-corrected chi connectivity index (χ2v) is 10.5. The summed E-state index contributed by atoms with van der Waals surface area (Å²) in [5.74, 6) is 1.31. The molecule has 0 bridgehead atoms. The minimum atomic E-state index is -3.16. The van der Waals surface area contributed by atoms with E-state index in [0.29, 0.717) is 24.3 Å². The Balaban J connectivity index is 1.54. The summed E-state index contributed by atoms with van der Waals surface area (Å²) in [5, 5.41) is -0.174. The fourth-order valence-electron chi connectivity index (χ4n) is 5.52. The fraction of sp³-hybridized carbons (Fsp3) is 0.714. The molecule has 0 radical (unpaired) electrons. The quantitative estimate of drug-likeness (QED) is 0.861. The van der Waals surface area contributed by atoms with Gasteiger partial charge in [-0.05, 0) is 36.2 Å². The van der Waals surface area contributed by atoms with Crippen LogP contribution >= 0.6 is 0 Å². The second kappa shape index (κ2) is 7.99. The summed E-state index contributed by atoms with van der Waals surface area (Å²) in [6.07, 6.45) is 7.91. The third-order valence-electron chi connectivity index (χ3n) is 6.82. The van der Waals surface area contributed by atoms with Crippen molar-refractivity contribution in [3.8, 4) is 0 Å². The Morgan fingerprint density at radius 3 is 2.46 bits per heavy atom. The molecule has 3 fully saturated rings. The van der Waals surface area contributed by atoms with Gasteiger partial charge in [-0.2, -0.15) is 0 Å². The van der Waals surface area contributed by atoms with E-state index in [9.17, 15) is 8.42 Å². The van der Waals surface area contributed by atoms with E-state index in [-0.39, 0.29) is 5.25 Å². The van der Waals surface area contributed by atoms with Crippen LogP contribution in [0.25, 0.3) is 0 Å². The topological polar surface area (TPSA) is 49.4 Å². The Bertz CT molecular complexity index is 691. The Hall–Kier alpha value is -0.910. The van der Waals surface area contributed by atoms with E-state index in [0.717, 1.165) is 38.9 Å². The molecule has 1 saturated carbocycles. The molecule has 1 aromatic rings. The number of hydrogen-bond acceptors (Lipinski definition) is 3. The predicted octanol–water partition coefficient (Wildman–Crippen LogP) is 3.40. The first-order valence-corrected chi connectivity index (χ1v) is 11.9. The highest BCUT2D eigenvalue weighted by Gasteiger charge is 2.47. The van der Waals surface area contributed by atoms with Gasteiger partial charge in [-0.3, -0.25) is 4.90 Å². The van der Waals surface area contributed by atoms with Crippen LogP contribution in [0.5, 0.6) is 0 Å². The smallest absolute Gasteiger partial charge is 0.214 e. The maximum Gasteiger partial charge on any atom is 0.214 e. The Labute approximate surface area is 158 Å². The lowest BCUT2D eigenvalue weighted by Gasteiger charge is -2.30. The lowest BCUT2D eigenvalue weighted by molar-refractivity contribution is 0.245. The number of fused-ring (bicyclic) bond motifs is 3. The molecule has 4 rings (SSSR count). The van der Waals surface area contributed by atoms with E-state index in [1.54, 1.807) is 0 Å². The number of benzene rings is 1. The zero-order valence-corrected chi connectivity index (χ0v) is 16.5. The molecule has 0 aromatic heterocycles. The van der Waals surface area contributed by atoms with Crippen LogP contribution in [0.1, 0.15) is 50.5 Å². The first-order chi connectivity index (χ1) is 12.6. The average molecular weight is 377 g/mol. The van der Waals surface area contributed by atoms with Crippen molar-refractivity contribution in [2.45, 2.75) is 56.7 Å². The lowest BCUT2D eigenvalue weighted by Crippen LogP contribution is -2.39. The van der Waals surface area contributed by atoms with Gasteiger partial charge in [0, 0.05) is 26.2 Å². The molecular formula is C21H32N2O2S. The second-order valence-electron chi connectivity index (χ2n) is 8.54. The van der Waals surface area contributed by atoms with Gasteiger partial charge >= 0.3 is 0 Å². The first-order valence-electron chi connectivity index (χ1n) is 10.4. The van der Waals surface area contributed by atoms with Crippen molar-refractivity contribution < 1.29 is 8.42 Å². The molecule has 144 valence electrons. The summed E-state index contributed by atoms with van der Waals surface area (Å²) in [6, 6.07) is 10.7. The molecule has 5 heteroatoms. The molecule has 2 aliphatic heterocycles. The number of sulfonamides is 1. The van der Waals surface area contributed by atoms with E-state index in [2.05, 4.69) is 40.0 Å². The van der Waals surface area contributed by atoms with Crippen LogP contribution in [0.15, 0.2) is 30.3 Å². The standard InChI is InChI=1S/C21H32N2O2S/c24-26(25)21-12-8-3-1-2-7-11-19(21)20-16-23(15-18(20)13-22-26)14-17-9-5-4-6-10-17/h4-6,9-10,18-22H,1-3,7-8,11-16H2. The summed E-state index contributed by atoms with van der Waals surface area (Å²) >= 11 is 0. The van der Waals surface area contributed by atoms with Crippen molar-refractivity contribution in [2.75, 3.05) is 19.6 Å². The molecule has 0 amide bonds. The number of rotatable bonds is 2. The van der Waals surface area contributed by atoms with Crippen molar-refractivity contribution in [3.63, 3.8) is 0 Å². The fourth-order valence-corrected chi connectivity index (χ4v) is 7.46. The highest BCUT2D eigenvalue weighted by atomic mass is 32.2. The zero-order valence-electron chi connectivity index (χ0n) is 15.6. The number of nitrogens with zero attached hydrogens (tertiary/aromatic N) is 1. The predicted molar refractivity (Wildman–Crippen MR) is 105 cm³/mol. The number of nitrogens with one attached hydrogen (secondary N) is 1. The molecule has 1 aliphatic carbocycles. The van der Waals surface area contributed by atoms with Crippen LogP contribution in [0.3, 0.4) is 0 Å². The van der Waals surface area contributed by atoms with Crippen molar-refractivity contribution in [1.82, 2.24) is 9.62 Å². The van der Waals surface area contributed by atoms with Crippen molar-refractivity contribution in [2.24, 2.45) is 17.8 Å². The van der Waals surface area contributed by atoms with E-state index in [1.807, 2.05) is 0 Å². The molecule has 2 saturated heterocycles. The van der Waals surface area contributed by atoms with Crippen LogP contribution in [-0.2, 0) is 16.6 Å². The highest BCUT2D eigenvalue weighted by molar-refractivity contribution is 7.90. The molecule has 4 atom stereocenters. The summed E-state index contributed by atoms with van der Waals surface area (Å²) in [6.45, 7) is 3.69. The minimum Gasteiger partial charge on any atom is -0.298 e. The monoisotopic (exact) mass is 376 g/mol. The maximum atomic E-state index is 12.9. The van der Waals surface area contributed by atoms with Gasteiger partial charge in [-0.1, -0.05) is 62.4 Å². The van der Waals surface area contributed by atoms with Crippen molar-refractivity contribution in [3.05, 3.63) is 35.9 Å². The van der Waals surface area contributed by atoms with E-state index >= 15 is 0 Å². The number of hydrogen-bond donors (Lipinski definition) is 1. The van der Waals surface area contributed by atoms with Gasteiger partial charge in [0.1, 0.15) is 0 Å². The Morgan fingerprint density at radius 2 is 1.65 bits per heavy atom. The molecule has 4 nitrogen and oxygen atoms in total. The molecule has 0 spiro atoms. The molecule has 1 aromatic carbocycles. The lowest BCUT2D eigenvalue weighted by atomic mass is 9.78. The van der Waals surface area contributed by atoms with E-state index in [1.165, 1.54) is 31.2 Å². The molecule has 3 aliphatic rings. The van der Waals surface area contributed by atoms with Crippen LogP contribution in [-0.4, -0.2) is 38.2 Å². The van der Waals surface area contributed by atoms with Crippen molar-refractivity contribution >= 4 is 10.0 Å². The van der Waals surface area contributed by atoms with E-state index in [4.69, 9.17) is 0 Å². The van der Waals surface area contributed by atoms with Gasteiger partial charge in [0.25, 0.3) is 0 Å². The summed E-state index contributed by atoms with van der Waals surface area (Å²) in [4.78, 5) is 2.55. The summed E-state index contributed by atoms with van der Waals surface area (Å²) in [7, 11) is -3.16. The molecule has 4 unspecified atom stereocenters. The third-order valence-corrected chi connectivity index (χ3v) is 8.77.